The van der Waals surface area contributed by atoms with Crippen molar-refractivity contribution >= 4 is 5.97 Å². The van der Waals surface area contributed by atoms with Crippen molar-refractivity contribution in [3.8, 4) is 46.0 Å². The van der Waals surface area contributed by atoms with Crippen molar-refractivity contribution in [1.29, 1.82) is 0 Å². The molecule has 0 aliphatic carbocycles. The summed E-state index contributed by atoms with van der Waals surface area (Å²) >= 11 is 0. The summed E-state index contributed by atoms with van der Waals surface area (Å²) in [5, 5.41) is 0. The van der Waals surface area contributed by atoms with Crippen LogP contribution >= 0.6 is 0 Å². The first-order valence-corrected chi connectivity index (χ1v) is 15.6. The highest BCUT2D eigenvalue weighted by molar-refractivity contribution is 5.67. The molecule has 0 unspecified atom stereocenters. The molecule has 10 heteroatoms. The lowest BCUT2D eigenvalue weighted by Crippen LogP contribution is -2.35. The average molecular weight is 657 g/mol. The van der Waals surface area contributed by atoms with Gasteiger partial charge in [-0.15, -0.1) is 0 Å². The lowest BCUT2D eigenvalue weighted by molar-refractivity contribution is -0.152. The van der Waals surface area contributed by atoms with Crippen molar-refractivity contribution in [2.75, 3.05) is 42.7 Å². The highest BCUT2D eigenvalue weighted by Crippen LogP contribution is 2.55. The molecule has 6 rings (SSSR count). The SMILES string of the molecule is COc1ccc([C@@H]2C[C@@H](c3c(OC)cc(OC)c4c3O[C@H](c3ccc(OC)c(OC)c3)[C@H](OC(C)=O)C4)c3ccc(OC)cc3O2)cc1. The number of benzene rings is 4. The Morgan fingerprint density at radius 3 is 1.98 bits per heavy atom. The Labute approximate surface area is 280 Å². The number of hydrogen-bond donors (Lipinski definition) is 0. The molecule has 48 heavy (non-hydrogen) atoms. The zero-order valence-corrected chi connectivity index (χ0v) is 28.2. The van der Waals surface area contributed by atoms with Gasteiger partial charge < -0.3 is 42.6 Å². The predicted molar refractivity (Wildman–Crippen MR) is 178 cm³/mol. The summed E-state index contributed by atoms with van der Waals surface area (Å²) in [5.41, 5.74) is 4.33. The largest absolute Gasteiger partial charge is 0.497 e. The Hall–Kier alpha value is -5.25. The zero-order valence-electron chi connectivity index (χ0n) is 28.2. The van der Waals surface area contributed by atoms with Gasteiger partial charge >= 0.3 is 5.97 Å². The number of rotatable bonds is 10. The maximum atomic E-state index is 12.4. The third kappa shape index (κ3) is 6.10. The molecule has 2 aliphatic heterocycles. The van der Waals surface area contributed by atoms with E-state index in [2.05, 4.69) is 0 Å². The van der Waals surface area contributed by atoms with Crippen LogP contribution in [0.3, 0.4) is 0 Å². The lowest BCUT2D eigenvalue weighted by Gasteiger charge is -2.39. The molecule has 0 fully saturated rings. The molecule has 0 radical (unpaired) electrons. The molecule has 0 spiro atoms. The molecule has 0 N–H and O–H groups in total. The minimum atomic E-state index is -0.677. The van der Waals surface area contributed by atoms with E-state index in [1.807, 2.05) is 66.7 Å². The van der Waals surface area contributed by atoms with E-state index < -0.39 is 18.2 Å². The van der Waals surface area contributed by atoms with Gasteiger partial charge in [0.2, 0.25) is 0 Å². The van der Waals surface area contributed by atoms with E-state index in [4.69, 9.17) is 42.6 Å². The first-order valence-electron chi connectivity index (χ1n) is 15.6. The molecule has 4 atom stereocenters. The fraction of sp³-hybridized carbons (Fsp3) is 0.342. The second-order valence-electron chi connectivity index (χ2n) is 11.6. The topological polar surface area (TPSA) is 100 Å². The van der Waals surface area contributed by atoms with Crippen LogP contribution in [0.15, 0.2) is 66.7 Å². The van der Waals surface area contributed by atoms with Crippen LogP contribution in [0, 0.1) is 0 Å². The molecule has 2 aliphatic rings. The van der Waals surface area contributed by atoms with Crippen LogP contribution in [0.25, 0.3) is 0 Å². The molecular formula is C38H40O10. The first-order chi connectivity index (χ1) is 23.3. The van der Waals surface area contributed by atoms with Gasteiger partial charge in [-0.1, -0.05) is 24.3 Å². The molecule has 0 bridgehead atoms. The van der Waals surface area contributed by atoms with Gasteiger partial charge in [0.05, 0.1) is 42.7 Å². The third-order valence-corrected chi connectivity index (χ3v) is 8.98. The van der Waals surface area contributed by atoms with Crippen molar-refractivity contribution < 1.29 is 47.4 Å². The van der Waals surface area contributed by atoms with Crippen LogP contribution in [0.2, 0.25) is 0 Å². The van der Waals surface area contributed by atoms with Gasteiger partial charge in [-0.25, -0.2) is 0 Å². The third-order valence-electron chi connectivity index (χ3n) is 8.98. The molecule has 2 heterocycles. The smallest absolute Gasteiger partial charge is 0.303 e. The second kappa shape index (κ2) is 13.9. The van der Waals surface area contributed by atoms with Gasteiger partial charge in [0.15, 0.2) is 17.6 Å². The monoisotopic (exact) mass is 656 g/mol. The number of methoxy groups -OCH3 is 6. The molecule has 4 aromatic rings. The number of carbonyl (C=O) groups excluding carboxylic acids is 1. The quantitative estimate of drug-likeness (QED) is 0.166. The Morgan fingerprint density at radius 1 is 0.667 bits per heavy atom. The molecular weight excluding hydrogens is 616 g/mol. The molecule has 0 saturated carbocycles. The molecule has 10 nitrogen and oxygen atoms in total. The summed E-state index contributed by atoms with van der Waals surface area (Å²) in [6.45, 7) is 1.39. The van der Waals surface area contributed by atoms with Gasteiger partial charge in [0, 0.05) is 53.6 Å². The van der Waals surface area contributed by atoms with E-state index >= 15 is 0 Å². The van der Waals surface area contributed by atoms with E-state index in [1.165, 1.54) is 6.92 Å². The number of fused-ring (bicyclic) bond motifs is 2. The summed E-state index contributed by atoms with van der Waals surface area (Å²) in [7, 11) is 9.67. The molecule has 0 aromatic heterocycles. The zero-order chi connectivity index (χ0) is 33.9. The fourth-order valence-corrected chi connectivity index (χ4v) is 6.69. The fourth-order valence-electron chi connectivity index (χ4n) is 6.69. The van der Waals surface area contributed by atoms with Gasteiger partial charge in [0.25, 0.3) is 0 Å². The van der Waals surface area contributed by atoms with Gasteiger partial charge in [-0.2, -0.15) is 0 Å². The molecule has 0 amide bonds. The number of ether oxygens (including phenoxy) is 9. The minimum absolute atomic E-state index is 0.224. The first kappa shape index (κ1) is 32.7. The van der Waals surface area contributed by atoms with Crippen LogP contribution in [0.5, 0.6) is 46.0 Å². The van der Waals surface area contributed by atoms with Crippen LogP contribution in [0.4, 0.5) is 0 Å². The second-order valence-corrected chi connectivity index (χ2v) is 11.6. The van der Waals surface area contributed by atoms with Crippen molar-refractivity contribution in [1.82, 2.24) is 0 Å². The van der Waals surface area contributed by atoms with E-state index in [-0.39, 0.29) is 12.0 Å². The normalized spacial score (nSPS) is 19.4. The maximum Gasteiger partial charge on any atom is 0.303 e. The highest BCUT2D eigenvalue weighted by atomic mass is 16.6. The molecule has 4 aromatic carbocycles. The summed E-state index contributed by atoms with van der Waals surface area (Å²) in [4.78, 5) is 12.4. The predicted octanol–water partition coefficient (Wildman–Crippen LogP) is 7.00. The van der Waals surface area contributed by atoms with E-state index in [1.54, 1.807) is 42.7 Å². The van der Waals surface area contributed by atoms with E-state index in [0.717, 1.165) is 33.6 Å². The van der Waals surface area contributed by atoms with Crippen LogP contribution in [-0.4, -0.2) is 54.7 Å². The Kier molecular flexibility index (Phi) is 9.43. The Balaban J connectivity index is 1.54. The summed E-state index contributed by atoms with van der Waals surface area (Å²) in [5.74, 6) is 4.38. The van der Waals surface area contributed by atoms with Crippen molar-refractivity contribution in [3.63, 3.8) is 0 Å². The molecule has 252 valence electrons. The van der Waals surface area contributed by atoms with Gasteiger partial charge in [-0.3, -0.25) is 4.79 Å². The van der Waals surface area contributed by atoms with Crippen molar-refractivity contribution in [3.05, 3.63) is 94.5 Å². The average Bonchev–Trinajstić information content (AvgIpc) is 3.12. The standard InChI is InChI=1S/C38H40O10/c1-21(39)46-35-19-28-31(43-5)20-34(45-7)36(38(28)48-37(35)23-10-15-29(42-4)33(16-23)44-6)27-18-30(22-8-11-24(40-2)12-9-22)47-32-17-25(41-3)13-14-26(27)32/h8-17,20,27,30,35,37H,18-19H2,1-7H3/t27-,30+,35-,37-/m1/s1. The maximum absolute atomic E-state index is 12.4. The van der Waals surface area contributed by atoms with Crippen molar-refractivity contribution in [2.45, 2.75) is 44.0 Å². The van der Waals surface area contributed by atoms with Gasteiger partial charge in [-0.05, 0) is 42.3 Å². The summed E-state index contributed by atoms with van der Waals surface area (Å²) in [6, 6.07) is 21.2. The van der Waals surface area contributed by atoms with Crippen LogP contribution in [0.1, 0.15) is 59.3 Å². The lowest BCUT2D eigenvalue weighted by atomic mass is 9.79. The Bertz CT molecular complexity index is 1780. The van der Waals surface area contributed by atoms with Gasteiger partial charge in [0.1, 0.15) is 46.7 Å². The van der Waals surface area contributed by atoms with E-state index in [9.17, 15) is 4.79 Å². The number of hydrogen-bond acceptors (Lipinski definition) is 10. The number of esters is 1. The summed E-state index contributed by atoms with van der Waals surface area (Å²) < 4.78 is 53.6. The van der Waals surface area contributed by atoms with E-state index in [0.29, 0.717) is 53.1 Å². The Morgan fingerprint density at radius 2 is 1.33 bits per heavy atom. The minimum Gasteiger partial charge on any atom is -0.497 e. The van der Waals surface area contributed by atoms with Crippen LogP contribution < -0.4 is 37.9 Å². The highest BCUT2D eigenvalue weighted by Gasteiger charge is 2.42. The van der Waals surface area contributed by atoms with Crippen molar-refractivity contribution in [2.24, 2.45) is 0 Å². The van der Waals surface area contributed by atoms with Crippen LogP contribution in [-0.2, 0) is 16.0 Å². The molecule has 0 saturated heterocycles. The summed E-state index contributed by atoms with van der Waals surface area (Å²) in [6.07, 6.45) is -0.708. The number of carbonyl (C=O) groups is 1.